The van der Waals surface area contributed by atoms with Gasteiger partial charge in [0.1, 0.15) is 5.01 Å². The summed E-state index contributed by atoms with van der Waals surface area (Å²) in [6.07, 6.45) is 0.849. The molecule has 20 heavy (non-hydrogen) atoms. The van der Waals surface area contributed by atoms with Crippen molar-refractivity contribution >= 4 is 17.0 Å². The van der Waals surface area contributed by atoms with Crippen molar-refractivity contribution in [2.45, 2.75) is 26.8 Å². The number of hydrogen-bond donors (Lipinski definition) is 1. The van der Waals surface area contributed by atoms with E-state index in [0.717, 1.165) is 35.8 Å². The zero-order valence-electron chi connectivity index (χ0n) is 11.5. The highest BCUT2D eigenvalue weighted by molar-refractivity contribution is 7.11. The highest BCUT2D eigenvalue weighted by Gasteiger charge is 2.04. The van der Waals surface area contributed by atoms with Gasteiger partial charge in [0.25, 0.3) is 5.69 Å². The van der Waals surface area contributed by atoms with Crippen molar-refractivity contribution in [1.29, 1.82) is 0 Å². The monoisotopic (exact) mass is 291 g/mol. The molecule has 1 N–H and O–H groups in total. The lowest BCUT2D eigenvalue weighted by molar-refractivity contribution is -0.384. The third-order valence-electron chi connectivity index (χ3n) is 3.09. The third kappa shape index (κ3) is 3.85. The topological polar surface area (TPSA) is 68.1 Å². The average molecular weight is 291 g/mol. The SMILES string of the molecule is Cc1nc(CNCCc2ccc([N+](=O)[O-])cc2)sc1C. The van der Waals surface area contributed by atoms with Gasteiger partial charge in [-0.15, -0.1) is 11.3 Å². The van der Waals surface area contributed by atoms with Crippen LogP contribution in [0.1, 0.15) is 21.1 Å². The van der Waals surface area contributed by atoms with Gasteiger partial charge in [0.15, 0.2) is 0 Å². The molecule has 0 unspecified atom stereocenters. The molecular weight excluding hydrogens is 274 g/mol. The summed E-state index contributed by atoms with van der Waals surface area (Å²) in [5, 5.41) is 15.0. The van der Waals surface area contributed by atoms with Crippen LogP contribution < -0.4 is 5.32 Å². The van der Waals surface area contributed by atoms with E-state index in [4.69, 9.17) is 0 Å². The van der Waals surface area contributed by atoms with Crippen LogP contribution in [0.3, 0.4) is 0 Å². The van der Waals surface area contributed by atoms with Crippen LogP contribution in [0.25, 0.3) is 0 Å². The van der Waals surface area contributed by atoms with E-state index >= 15 is 0 Å². The number of nitrogens with one attached hydrogen (secondary N) is 1. The van der Waals surface area contributed by atoms with E-state index in [1.165, 1.54) is 4.88 Å². The minimum atomic E-state index is -0.380. The Hall–Kier alpha value is -1.79. The maximum absolute atomic E-state index is 10.5. The highest BCUT2D eigenvalue weighted by atomic mass is 32.1. The van der Waals surface area contributed by atoms with Gasteiger partial charge in [-0.1, -0.05) is 12.1 Å². The van der Waals surface area contributed by atoms with Gasteiger partial charge in [0, 0.05) is 23.6 Å². The number of non-ortho nitro benzene ring substituents is 1. The minimum Gasteiger partial charge on any atom is -0.310 e. The van der Waals surface area contributed by atoms with Gasteiger partial charge in [-0.3, -0.25) is 10.1 Å². The van der Waals surface area contributed by atoms with Crippen LogP contribution in [0.5, 0.6) is 0 Å². The summed E-state index contributed by atoms with van der Waals surface area (Å²) in [6, 6.07) is 6.70. The normalized spacial score (nSPS) is 10.7. The first-order chi connectivity index (χ1) is 9.56. The van der Waals surface area contributed by atoms with Gasteiger partial charge in [0.05, 0.1) is 10.6 Å². The van der Waals surface area contributed by atoms with Crippen molar-refractivity contribution in [2.75, 3.05) is 6.54 Å². The van der Waals surface area contributed by atoms with Crippen molar-refractivity contribution in [3.63, 3.8) is 0 Å². The lowest BCUT2D eigenvalue weighted by Crippen LogP contribution is -2.16. The maximum Gasteiger partial charge on any atom is 0.269 e. The molecule has 0 saturated heterocycles. The fourth-order valence-electron chi connectivity index (χ4n) is 1.83. The van der Waals surface area contributed by atoms with Crippen molar-refractivity contribution in [2.24, 2.45) is 0 Å². The van der Waals surface area contributed by atoms with E-state index in [9.17, 15) is 10.1 Å². The summed E-state index contributed by atoms with van der Waals surface area (Å²) in [6.45, 7) is 5.70. The standard InChI is InChI=1S/C14H17N3O2S/c1-10-11(2)20-14(16-10)9-15-8-7-12-3-5-13(6-4-12)17(18)19/h3-6,15H,7-9H2,1-2H3. The van der Waals surface area contributed by atoms with Crippen LogP contribution in [-0.2, 0) is 13.0 Å². The van der Waals surface area contributed by atoms with Gasteiger partial charge >= 0.3 is 0 Å². The van der Waals surface area contributed by atoms with E-state index in [1.54, 1.807) is 35.6 Å². The van der Waals surface area contributed by atoms with E-state index in [2.05, 4.69) is 17.2 Å². The minimum absolute atomic E-state index is 0.135. The largest absolute Gasteiger partial charge is 0.310 e. The molecule has 0 aliphatic rings. The number of aromatic nitrogens is 1. The van der Waals surface area contributed by atoms with Crippen molar-refractivity contribution in [1.82, 2.24) is 10.3 Å². The number of hydrogen-bond acceptors (Lipinski definition) is 5. The first kappa shape index (κ1) is 14.6. The molecule has 0 saturated carbocycles. The fraction of sp³-hybridized carbons (Fsp3) is 0.357. The summed E-state index contributed by atoms with van der Waals surface area (Å²) < 4.78 is 0. The van der Waals surface area contributed by atoms with Gasteiger partial charge in [-0.05, 0) is 32.4 Å². The van der Waals surface area contributed by atoms with Gasteiger partial charge in [-0.2, -0.15) is 0 Å². The number of benzene rings is 1. The number of aryl methyl sites for hydroxylation is 2. The van der Waals surface area contributed by atoms with E-state index < -0.39 is 0 Å². The molecule has 106 valence electrons. The molecule has 1 aromatic carbocycles. The third-order valence-corrected chi connectivity index (χ3v) is 4.16. The molecule has 0 aliphatic heterocycles. The molecule has 0 spiro atoms. The second-order valence-corrected chi connectivity index (χ2v) is 5.89. The molecule has 0 atom stereocenters. The molecule has 2 rings (SSSR count). The lowest BCUT2D eigenvalue weighted by Gasteiger charge is -2.03. The number of nitro groups is 1. The zero-order valence-corrected chi connectivity index (χ0v) is 12.4. The van der Waals surface area contributed by atoms with E-state index in [0.29, 0.717) is 0 Å². The Morgan fingerprint density at radius 2 is 2.00 bits per heavy atom. The zero-order chi connectivity index (χ0) is 14.5. The van der Waals surface area contributed by atoms with Crippen LogP contribution >= 0.6 is 11.3 Å². The quantitative estimate of drug-likeness (QED) is 0.504. The van der Waals surface area contributed by atoms with Crippen LogP contribution in [-0.4, -0.2) is 16.5 Å². The Morgan fingerprint density at radius 3 is 2.55 bits per heavy atom. The van der Waals surface area contributed by atoms with E-state index in [-0.39, 0.29) is 10.6 Å². The average Bonchev–Trinajstić information content (AvgIpc) is 2.74. The predicted molar refractivity (Wildman–Crippen MR) is 80.1 cm³/mol. The van der Waals surface area contributed by atoms with Crippen LogP contribution in [0.4, 0.5) is 5.69 Å². The maximum atomic E-state index is 10.5. The molecule has 1 aromatic heterocycles. The Kier molecular flexibility index (Phi) is 4.81. The summed E-state index contributed by atoms with van der Waals surface area (Å²) in [5.41, 5.74) is 2.33. The van der Waals surface area contributed by atoms with Crippen LogP contribution in [0.15, 0.2) is 24.3 Å². The molecule has 0 aliphatic carbocycles. The molecule has 6 heteroatoms. The first-order valence-corrected chi connectivity index (χ1v) is 7.25. The van der Waals surface area contributed by atoms with Crippen LogP contribution in [0.2, 0.25) is 0 Å². The Labute approximate surface area is 121 Å². The Bertz CT molecular complexity index is 573. The van der Waals surface area contributed by atoms with Crippen molar-refractivity contribution < 1.29 is 4.92 Å². The van der Waals surface area contributed by atoms with Gasteiger partial charge < -0.3 is 5.32 Å². The molecule has 5 nitrogen and oxygen atoms in total. The summed E-state index contributed by atoms with van der Waals surface area (Å²) in [4.78, 5) is 15.9. The molecule has 0 amide bonds. The van der Waals surface area contributed by atoms with Gasteiger partial charge in [0.2, 0.25) is 0 Å². The number of thiazole rings is 1. The summed E-state index contributed by atoms with van der Waals surface area (Å²) in [5.74, 6) is 0. The Balaban J connectivity index is 1.77. The smallest absolute Gasteiger partial charge is 0.269 e. The molecular formula is C14H17N3O2S. The predicted octanol–water partition coefficient (Wildman–Crippen LogP) is 3.00. The number of nitrogens with zero attached hydrogens (tertiary/aromatic N) is 2. The Morgan fingerprint density at radius 1 is 1.30 bits per heavy atom. The molecule has 0 bridgehead atoms. The molecule has 0 radical (unpaired) electrons. The number of rotatable bonds is 6. The fourth-order valence-corrected chi connectivity index (χ4v) is 2.73. The van der Waals surface area contributed by atoms with Crippen molar-refractivity contribution in [3.05, 3.63) is 55.5 Å². The van der Waals surface area contributed by atoms with E-state index in [1.807, 2.05) is 6.92 Å². The van der Waals surface area contributed by atoms with Crippen molar-refractivity contribution in [3.8, 4) is 0 Å². The molecule has 1 heterocycles. The first-order valence-electron chi connectivity index (χ1n) is 6.43. The highest BCUT2D eigenvalue weighted by Crippen LogP contribution is 2.16. The summed E-state index contributed by atoms with van der Waals surface area (Å²) >= 11 is 1.72. The van der Waals surface area contributed by atoms with Gasteiger partial charge in [-0.25, -0.2) is 4.98 Å². The second-order valence-electron chi connectivity index (χ2n) is 4.60. The molecule has 2 aromatic rings. The van der Waals surface area contributed by atoms with Crippen LogP contribution in [0, 0.1) is 24.0 Å². The number of nitro benzene ring substituents is 1. The lowest BCUT2D eigenvalue weighted by atomic mass is 10.1. The summed E-state index contributed by atoms with van der Waals surface area (Å²) in [7, 11) is 0. The molecule has 0 fully saturated rings. The second kappa shape index (κ2) is 6.58.